The van der Waals surface area contributed by atoms with Gasteiger partial charge in [-0.2, -0.15) is 5.26 Å². The smallest absolute Gasteiger partial charge is 0.335 e. The highest BCUT2D eigenvalue weighted by Crippen LogP contribution is 2.30. The van der Waals surface area contributed by atoms with Gasteiger partial charge in [0.05, 0.1) is 27.3 Å². The number of rotatable bonds is 4. The molecule has 0 radical (unpaired) electrons. The highest BCUT2D eigenvalue weighted by Gasteiger charge is 2.09. The molecule has 0 amide bonds. The third-order valence-electron chi connectivity index (χ3n) is 3.68. The Bertz CT molecular complexity index is 1040. The lowest BCUT2D eigenvalue weighted by Gasteiger charge is -2.01. The summed E-state index contributed by atoms with van der Waals surface area (Å²) in [5, 5.41) is 19.2. The maximum absolute atomic E-state index is 10.9. The molecule has 0 bridgehead atoms. The predicted molar refractivity (Wildman–Crippen MR) is 101 cm³/mol. The van der Waals surface area contributed by atoms with Crippen LogP contribution in [0, 0.1) is 11.3 Å². The fraction of sp³-hybridized carbons (Fsp3) is 0. The topological polar surface area (TPSA) is 74.2 Å². The van der Waals surface area contributed by atoms with Gasteiger partial charge in [0, 0.05) is 5.56 Å². The molecule has 0 aliphatic rings. The highest BCUT2D eigenvalue weighted by molar-refractivity contribution is 6.42. The Hall–Kier alpha value is -3.00. The Labute approximate surface area is 159 Å². The molecule has 3 rings (SSSR count). The Balaban J connectivity index is 1.91. The molecule has 0 fully saturated rings. The molecule has 4 nitrogen and oxygen atoms in total. The van der Waals surface area contributed by atoms with E-state index in [0.717, 1.165) is 5.56 Å². The maximum Gasteiger partial charge on any atom is 0.335 e. The van der Waals surface area contributed by atoms with Crippen molar-refractivity contribution in [3.63, 3.8) is 0 Å². The van der Waals surface area contributed by atoms with Crippen molar-refractivity contribution < 1.29 is 14.3 Å². The average Bonchev–Trinajstić information content (AvgIpc) is 3.10. The zero-order chi connectivity index (χ0) is 18.7. The molecule has 0 aliphatic carbocycles. The second-order valence-corrected chi connectivity index (χ2v) is 6.20. The second kappa shape index (κ2) is 7.49. The van der Waals surface area contributed by atoms with E-state index in [9.17, 15) is 10.1 Å². The number of halogens is 2. The molecular formula is C20H11Cl2NO3. The van der Waals surface area contributed by atoms with Crippen molar-refractivity contribution in [1.82, 2.24) is 0 Å². The molecule has 26 heavy (non-hydrogen) atoms. The summed E-state index contributed by atoms with van der Waals surface area (Å²) < 4.78 is 5.76. The summed E-state index contributed by atoms with van der Waals surface area (Å²) in [6.45, 7) is 0. The van der Waals surface area contributed by atoms with Gasteiger partial charge in [-0.05, 0) is 54.1 Å². The number of allylic oxidation sites excluding steroid dienone is 1. The Morgan fingerprint density at radius 1 is 1.00 bits per heavy atom. The molecule has 1 aromatic heterocycles. The molecular weight excluding hydrogens is 373 g/mol. The van der Waals surface area contributed by atoms with Crippen LogP contribution in [-0.2, 0) is 0 Å². The van der Waals surface area contributed by atoms with Gasteiger partial charge in [0.15, 0.2) is 0 Å². The van der Waals surface area contributed by atoms with Gasteiger partial charge < -0.3 is 9.52 Å². The molecule has 0 aliphatic heterocycles. The molecule has 3 aromatic rings. The molecule has 2 aromatic carbocycles. The average molecular weight is 384 g/mol. The minimum absolute atomic E-state index is 0.158. The lowest BCUT2D eigenvalue weighted by atomic mass is 10.0. The SMILES string of the molecule is N#C/C(=C\c1ccc(-c2ccc(Cl)c(Cl)c2)o1)c1ccc(C(=O)O)cc1. The summed E-state index contributed by atoms with van der Waals surface area (Å²) in [6.07, 6.45) is 1.59. The Morgan fingerprint density at radius 2 is 1.69 bits per heavy atom. The van der Waals surface area contributed by atoms with Gasteiger partial charge in [-0.1, -0.05) is 35.3 Å². The molecule has 6 heteroatoms. The van der Waals surface area contributed by atoms with E-state index in [1.165, 1.54) is 12.1 Å². The number of hydrogen-bond donors (Lipinski definition) is 1. The van der Waals surface area contributed by atoms with Crippen LogP contribution in [0.1, 0.15) is 21.7 Å². The van der Waals surface area contributed by atoms with Gasteiger partial charge in [0.2, 0.25) is 0 Å². The van der Waals surface area contributed by atoms with Crippen LogP contribution in [0.2, 0.25) is 10.0 Å². The fourth-order valence-corrected chi connectivity index (χ4v) is 2.65. The number of carboxylic acid groups (broad SMARTS) is 1. The normalized spacial score (nSPS) is 11.2. The number of hydrogen-bond acceptors (Lipinski definition) is 3. The molecule has 128 valence electrons. The van der Waals surface area contributed by atoms with Gasteiger partial charge in [-0.15, -0.1) is 0 Å². The molecule has 0 saturated heterocycles. The van der Waals surface area contributed by atoms with E-state index in [-0.39, 0.29) is 5.56 Å². The van der Waals surface area contributed by atoms with Crippen LogP contribution < -0.4 is 0 Å². The van der Waals surface area contributed by atoms with Crippen LogP contribution in [0.3, 0.4) is 0 Å². The molecule has 0 unspecified atom stereocenters. The minimum atomic E-state index is -1.02. The van der Waals surface area contributed by atoms with Crippen molar-refractivity contribution in [3.05, 3.63) is 81.5 Å². The second-order valence-electron chi connectivity index (χ2n) is 5.38. The standard InChI is InChI=1S/C20H11Cl2NO3/c21-17-7-5-14(10-18(17)22)19-8-6-16(26-19)9-15(11-23)12-1-3-13(4-2-12)20(24)25/h1-10H,(H,24,25)/b15-9+. The van der Waals surface area contributed by atoms with Crippen LogP contribution in [0.5, 0.6) is 0 Å². The highest BCUT2D eigenvalue weighted by atomic mass is 35.5. The number of furan rings is 1. The fourth-order valence-electron chi connectivity index (χ4n) is 2.35. The van der Waals surface area contributed by atoms with E-state index in [0.29, 0.717) is 32.7 Å². The van der Waals surface area contributed by atoms with Crippen molar-refractivity contribution in [3.8, 4) is 17.4 Å². The summed E-state index contributed by atoms with van der Waals surface area (Å²) in [5.41, 5.74) is 1.89. The van der Waals surface area contributed by atoms with Crippen LogP contribution in [0.4, 0.5) is 0 Å². The van der Waals surface area contributed by atoms with Gasteiger partial charge in [-0.25, -0.2) is 4.79 Å². The van der Waals surface area contributed by atoms with Gasteiger partial charge >= 0.3 is 5.97 Å². The quantitative estimate of drug-likeness (QED) is 0.559. The van der Waals surface area contributed by atoms with E-state index < -0.39 is 5.97 Å². The number of nitrogens with zero attached hydrogens (tertiary/aromatic N) is 1. The monoisotopic (exact) mass is 383 g/mol. The van der Waals surface area contributed by atoms with Crippen LogP contribution >= 0.6 is 23.2 Å². The van der Waals surface area contributed by atoms with Gasteiger partial charge in [0.25, 0.3) is 0 Å². The first-order valence-electron chi connectivity index (χ1n) is 7.48. The Morgan fingerprint density at radius 3 is 2.31 bits per heavy atom. The summed E-state index contributed by atoms with van der Waals surface area (Å²) in [5.74, 6) is 0.0644. The number of carbonyl (C=O) groups is 1. The molecule has 1 N–H and O–H groups in total. The van der Waals surface area contributed by atoms with E-state index >= 15 is 0 Å². The Kier molecular flexibility index (Phi) is 5.13. The van der Waals surface area contributed by atoms with Crippen LogP contribution in [0.15, 0.2) is 59.0 Å². The lowest BCUT2D eigenvalue weighted by Crippen LogP contribution is -1.95. The zero-order valence-electron chi connectivity index (χ0n) is 13.2. The maximum atomic E-state index is 10.9. The largest absolute Gasteiger partial charge is 0.478 e. The molecule has 0 spiro atoms. The van der Waals surface area contributed by atoms with Crippen LogP contribution in [0.25, 0.3) is 23.0 Å². The number of aromatic carboxylic acids is 1. The van der Waals surface area contributed by atoms with Crippen molar-refractivity contribution >= 4 is 40.8 Å². The molecule has 0 atom stereocenters. The number of benzene rings is 2. The summed E-state index contributed by atoms with van der Waals surface area (Å²) in [4.78, 5) is 10.9. The first-order chi connectivity index (χ1) is 12.5. The summed E-state index contributed by atoms with van der Waals surface area (Å²) >= 11 is 11.9. The van der Waals surface area contributed by atoms with E-state index in [4.69, 9.17) is 32.7 Å². The summed E-state index contributed by atoms with van der Waals surface area (Å²) in [7, 11) is 0. The third-order valence-corrected chi connectivity index (χ3v) is 4.42. The predicted octanol–water partition coefficient (Wildman–Crippen LogP) is 6.02. The molecule has 1 heterocycles. The van der Waals surface area contributed by atoms with Gasteiger partial charge in [-0.3, -0.25) is 0 Å². The van der Waals surface area contributed by atoms with Crippen molar-refractivity contribution in [1.29, 1.82) is 5.26 Å². The van der Waals surface area contributed by atoms with Crippen LogP contribution in [-0.4, -0.2) is 11.1 Å². The van der Waals surface area contributed by atoms with Crippen molar-refractivity contribution in [2.45, 2.75) is 0 Å². The zero-order valence-corrected chi connectivity index (χ0v) is 14.8. The van der Waals surface area contributed by atoms with E-state index in [2.05, 4.69) is 6.07 Å². The van der Waals surface area contributed by atoms with Gasteiger partial charge in [0.1, 0.15) is 11.5 Å². The van der Waals surface area contributed by atoms with E-state index in [1.807, 2.05) is 0 Å². The summed E-state index contributed by atoms with van der Waals surface area (Å²) in [6, 6.07) is 16.8. The number of carboxylic acids is 1. The van der Waals surface area contributed by atoms with Crippen molar-refractivity contribution in [2.75, 3.05) is 0 Å². The first kappa shape index (κ1) is 17.8. The van der Waals surface area contributed by atoms with E-state index in [1.54, 1.807) is 48.5 Å². The third kappa shape index (κ3) is 3.80. The lowest BCUT2D eigenvalue weighted by molar-refractivity contribution is 0.0697. The first-order valence-corrected chi connectivity index (χ1v) is 8.24. The van der Waals surface area contributed by atoms with Crippen molar-refractivity contribution in [2.24, 2.45) is 0 Å². The number of nitriles is 1. The minimum Gasteiger partial charge on any atom is -0.478 e. The molecule has 0 saturated carbocycles.